The van der Waals surface area contributed by atoms with E-state index in [2.05, 4.69) is 17.6 Å². The second-order valence-corrected chi connectivity index (χ2v) is 12.7. The Morgan fingerprint density at radius 1 is 1.00 bits per heavy atom. The highest BCUT2D eigenvalue weighted by molar-refractivity contribution is 5.81. The summed E-state index contributed by atoms with van der Waals surface area (Å²) >= 11 is 0. The lowest BCUT2D eigenvalue weighted by atomic mass is 9.98. The van der Waals surface area contributed by atoms with Crippen LogP contribution in [0.4, 0.5) is 0 Å². The lowest BCUT2D eigenvalue weighted by molar-refractivity contribution is -0.533. The first-order chi connectivity index (χ1) is 22.7. The van der Waals surface area contributed by atoms with Crippen molar-refractivity contribution < 1.29 is 64.7 Å². The van der Waals surface area contributed by atoms with Crippen molar-refractivity contribution >= 4 is 18.0 Å². The maximum absolute atomic E-state index is 13.0. The molecule has 274 valence electrons. The van der Waals surface area contributed by atoms with E-state index in [4.69, 9.17) is 9.47 Å². The topological polar surface area (TPSA) is 265 Å². The van der Waals surface area contributed by atoms with Crippen molar-refractivity contribution in [3.05, 3.63) is 40.6 Å². The fourth-order valence-electron chi connectivity index (χ4n) is 4.87. The van der Waals surface area contributed by atoms with Crippen molar-refractivity contribution in [3.8, 4) is 0 Å². The molecule has 0 unspecified atom stereocenters. The number of carbonyl (C=O) groups excluding carboxylic acids is 2. The van der Waals surface area contributed by atoms with E-state index in [-0.39, 0.29) is 12.5 Å². The molecule has 10 N–H and O–H groups in total. The number of rotatable bonds is 20. The van der Waals surface area contributed by atoms with Crippen molar-refractivity contribution in [3.63, 3.8) is 0 Å². The van der Waals surface area contributed by atoms with Gasteiger partial charge in [0.1, 0.15) is 42.7 Å². The lowest BCUT2D eigenvalue weighted by Crippen LogP contribution is -2.62. The summed E-state index contributed by atoms with van der Waals surface area (Å²) in [6.45, 7) is 3.41. The van der Waals surface area contributed by atoms with Gasteiger partial charge in [0, 0.05) is 32.4 Å². The fourth-order valence-corrected chi connectivity index (χ4v) is 4.87. The molecule has 16 nitrogen and oxygen atoms in total. The van der Waals surface area contributed by atoms with Gasteiger partial charge in [-0.15, -0.1) is 0 Å². The number of carbonyl (C=O) groups is 2. The average Bonchev–Trinajstić information content (AvgIpc) is 3.07. The fraction of sp³-hybridized carbons (Fsp3) is 0.719. The maximum atomic E-state index is 13.0. The number of unbranched alkanes of at least 4 members (excludes halogenated alkanes) is 4. The molecule has 1 aromatic carbocycles. The summed E-state index contributed by atoms with van der Waals surface area (Å²) in [5, 5.41) is 98.6. The molecule has 0 radical (unpaired) electrons. The van der Waals surface area contributed by atoms with Crippen LogP contribution in [0.5, 0.6) is 0 Å². The minimum Gasteiger partial charge on any atom is -0.623 e. The average molecular weight is 688 g/mol. The van der Waals surface area contributed by atoms with E-state index in [1.54, 1.807) is 24.3 Å². The number of nitrogens with one attached hydrogen (secondary N) is 2. The summed E-state index contributed by atoms with van der Waals surface area (Å²) in [7, 11) is 0. The Hall–Kier alpha value is -2.77. The van der Waals surface area contributed by atoms with E-state index in [1.807, 2.05) is 0 Å². The molecular formula is C32H53N3O13. The summed E-state index contributed by atoms with van der Waals surface area (Å²) in [6, 6.07) is 6.95. The third-order valence-electron chi connectivity index (χ3n) is 8.17. The van der Waals surface area contributed by atoms with Gasteiger partial charge in [0.15, 0.2) is 24.1 Å². The van der Waals surface area contributed by atoms with Gasteiger partial charge in [0.25, 0.3) is 5.91 Å². The molecule has 2 amide bonds. The van der Waals surface area contributed by atoms with Gasteiger partial charge >= 0.3 is 0 Å². The van der Waals surface area contributed by atoms with E-state index in [9.17, 15) is 55.6 Å². The third-order valence-corrected chi connectivity index (χ3v) is 8.17. The van der Waals surface area contributed by atoms with Crippen molar-refractivity contribution in [1.82, 2.24) is 10.6 Å². The van der Waals surface area contributed by atoms with Gasteiger partial charge in [-0.2, -0.15) is 0 Å². The molecule has 1 aromatic rings. The van der Waals surface area contributed by atoms with E-state index in [0.717, 1.165) is 31.2 Å². The molecule has 48 heavy (non-hydrogen) atoms. The second kappa shape index (κ2) is 20.0. The Balaban J connectivity index is 1.95. The number of hydrogen-bond acceptors (Lipinski definition) is 13. The predicted octanol–water partition coefficient (Wildman–Crippen LogP) is -2.25. The van der Waals surface area contributed by atoms with Crippen molar-refractivity contribution in [2.75, 3.05) is 19.8 Å². The molecule has 1 fully saturated rings. The summed E-state index contributed by atoms with van der Waals surface area (Å²) in [6.07, 6.45) is -10.0. The highest BCUT2D eigenvalue weighted by Crippen LogP contribution is 2.25. The Morgan fingerprint density at radius 3 is 2.25 bits per heavy atom. The zero-order valence-electron chi connectivity index (χ0n) is 27.7. The number of nitrogens with zero attached hydrogens (tertiary/aromatic N) is 1. The quantitative estimate of drug-likeness (QED) is 0.0229. The molecule has 0 spiro atoms. The molecule has 2 rings (SSSR count). The van der Waals surface area contributed by atoms with Crippen molar-refractivity contribution in [2.24, 2.45) is 0 Å². The Kier molecular flexibility index (Phi) is 17.3. The Labute approximate surface area is 280 Å². The summed E-state index contributed by atoms with van der Waals surface area (Å²) in [5.41, 5.74) is 0.154. The highest BCUT2D eigenvalue weighted by atomic mass is 16.7. The molecular weight excluding hydrogens is 634 g/mol. The van der Waals surface area contributed by atoms with E-state index < -0.39 is 79.8 Å². The van der Waals surface area contributed by atoms with Gasteiger partial charge in [0.2, 0.25) is 5.91 Å². The molecule has 0 bridgehead atoms. The minimum absolute atomic E-state index is 0.0178. The van der Waals surface area contributed by atoms with Crippen LogP contribution in [0.2, 0.25) is 0 Å². The van der Waals surface area contributed by atoms with Crippen LogP contribution in [0.1, 0.15) is 70.4 Å². The molecule has 1 saturated heterocycles. The van der Waals surface area contributed by atoms with Crippen LogP contribution < -0.4 is 10.6 Å². The molecule has 16 heteroatoms. The number of ether oxygens (including phenoxy) is 2. The van der Waals surface area contributed by atoms with Crippen LogP contribution in [0.25, 0.3) is 0 Å². The minimum atomic E-state index is -2.27. The number of benzene rings is 1. The first-order valence-corrected chi connectivity index (χ1v) is 16.2. The van der Waals surface area contributed by atoms with Crippen LogP contribution in [0.15, 0.2) is 24.3 Å². The van der Waals surface area contributed by atoms with Crippen LogP contribution in [-0.2, 0) is 25.6 Å². The molecule has 0 aliphatic carbocycles. The van der Waals surface area contributed by atoms with Crippen LogP contribution in [0, 0.1) is 5.21 Å². The van der Waals surface area contributed by atoms with Gasteiger partial charge < -0.3 is 66.2 Å². The first kappa shape index (κ1) is 41.4. The predicted molar refractivity (Wildman–Crippen MR) is 171 cm³/mol. The summed E-state index contributed by atoms with van der Waals surface area (Å²) in [5.74, 6) is -1.18. The number of amides is 2. The van der Waals surface area contributed by atoms with E-state index in [0.29, 0.717) is 23.3 Å². The molecule has 0 aromatic heterocycles. The van der Waals surface area contributed by atoms with Gasteiger partial charge in [-0.1, -0.05) is 44.7 Å². The zero-order chi connectivity index (χ0) is 36.0. The smallest absolute Gasteiger partial charge is 0.251 e. The van der Waals surface area contributed by atoms with Crippen molar-refractivity contribution in [1.29, 1.82) is 0 Å². The van der Waals surface area contributed by atoms with Crippen molar-refractivity contribution in [2.45, 2.75) is 127 Å². The SMILES string of the molecule is CCCCCCCC(=O)NCc1ccc(/C=[N+](/[O-])C(C)(C)CNC(=O)[C@H](O)[C@@H](O)[C@H](O[C@@H]2O[C@H](CO)[C@H](O)[C@H](O)[C@H]2O)[C@H](O)CO)cc1. The Bertz CT molecular complexity index is 1150. The maximum Gasteiger partial charge on any atom is 0.251 e. The summed E-state index contributed by atoms with van der Waals surface area (Å²) in [4.78, 5) is 24.8. The normalized spacial score (nSPS) is 24.4. The van der Waals surface area contributed by atoms with E-state index in [1.165, 1.54) is 26.5 Å². The van der Waals surface area contributed by atoms with Gasteiger partial charge in [-0.3, -0.25) is 9.59 Å². The van der Waals surface area contributed by atoms with Crippen LogP contribution in [0.3, 0.4) is 0 Å². The van der Waals surface area contributed by atoms with Gasteiger partial charge in [-0.25, -0.2) is 4.74 Å². The number of hydrogen-bond donors (Lipinski definition) is 10. The number of aliphatic hydroxyl groups is 8. The summed E-state index contributed by atoms with van der Waals surface area (Å²) < 4.78 is 11.1. The van der Waals surface area contributed by atoms with Gasteiger partial charge in [0.05, 0.1) is 19.8 Å². The molecule has 1 aliphatic rings. The molecule has 1 aliphatic heterocycles. The number of aliphatic hydroxyl groups excluding tert-OH is 8. The molecule has 0 saturated carbocycles. The second-order valence-electron chi connectivity index (χ2n) is 12.7. The zero-order valence-corrected chi connectivity index (χ0v) is 27.7. The molecule has 9 atom stereocenters. The highest BCUT2D eigenvalue weighted by Gasteiger charge is 2.47. The monoisotopic (exact) mass is 687 g/mol. The largest absolute Gasteiger partial charge is 0.623 e. The lowest BCUT2D eigenvalue weighted by Gasteiger charge is -2.42. The number of hydroxylamine groups is 1. The Morgan fingerprint density at radius 2 is 1.65 bits per heavy atom. The van der Waals surface area contributed by atoms with Crippen LogP contribution in [-0.4, -0.2) is 144 Å². The van der Waals surface area contributed by atoms with E-state index >= 15 is 0 Å². The molecule has 1 heterocycles. The first-order valence-electron chi connectivity index (χ1n) is 16.2. The van der Waals surface area contributed by atoms with Gasteiger partial charge in [-0.05, 0) is 24.1 Å². The standard InChI is InChI=1S/C32H53N3O13/c1-4-5-6-7-8-9-23(39)33-14-19-10-12-20(13-11-19)15-35(46)32(2,3)18-34-30(45)27(43)26(42)29(21(38)16-36)48-31-28(44)25(41)24(40)22(17-37)47-31/h10-13,15,21-22,24-29,31,36-38,40-44H,4-9,14,16-18H2,1-3H3,(H,33,39)(H,34,45)/b35-15+/t21-,22-,24+,25+,26-,27-,28-,29-,31+/m1/s1. The van der Waals surface area contributed by atoms with Crippen LogP contribution >= 0.6 is 0 Å². The third kappa shape index (κ3) is 12.3.